The van der Waals surface area contributed by atoms with Crippen molar-refractivity contribution in [2.45, 2.75) is 25.3 Å². The molecule has 0 aromatic heterocycles. The zero-order valence-electron chi connectivity index (χ0n) is 12.5. The Kier molecular flexibility index (Phi) is 3.87. The number of hydrogen-bond donors (Lipinski definition) is 1. The minimum atomic E-state index is -1.34. The van der Waals surface area contributed by atoms with Crippen molar-refractivity contribution in [3.8, 4) is 0 Å². The second kappa shape index (κ2) is 5.68. The molecule has 22 heavy (non-hydrogen) atoms. The number of urea groups is 1. The van der Waals surface area contributed by atoms with E-state index in [1.165, 1.54) is 17.0 Å². The van der Waals surface area contributed by atoms with Gasteiger partial charge in [-0.1, -0.05) is 18.2 Å². The molecule has 1 N–H and O–H groups in total. The molecule has 118 valence electrons. The first-order valence-electron chi connectivity index (χ1n) is 7.49. The number of carbonyl (C=O) groups is 2. The summed E-state index contributed by atoms with van der Waals surface area (Å²) >= 11 is 0. The summed E-state index contributed by atoms with van der Waals surface area (Å²) in [4.78, 5) is 26.1. The van der Waals surface area contributed by atoms with Crippen LogP contribution in [0, 0.1) is 11.7 Å². The number of nitrogens with zero attached hydrogens (tertiary/aromatic N) is 1. The lowest BCUT2D eigenvalue weighted by molar-refractivity contribution is -0.131. The molecule has 2 fully saturated rings. The third-order valence-electron chi connectivity index (χ3n) is 4.47. The van der Waals surface area contributed by atoms with Crippen LogP contribution < -0.4 is 5.32 Å². The van der Waals surface area contributed by atoms with E-state index in [9.17, 15) is 14.0 Å². The maximum Gasteiger partial charge on any atom is 0.325 e. The van der Waals surface area contributed by atoms with E-state index < -0.39 is 23.3 Å². The van der Waals surface area contributed by atoms with E-state index in [0.29, 0.717) is 19.8 Å². The Morgan fingerprint density at radius 2 is 2.00 bits per heavy atom. The van der Waals surface area contributed by atoms with Gasteiger partial charge in [-0.15, -0.1) is 0 Å². The van der Waals surface area contributed by atoms with Crippen LogP contribution in [0.15, 0.2) is 24.3 Å². The van der Waals surface area contributed by atoms with Crippen LogP contribution in [0.2, 0.25) is 0 Å². The molecule has 0 radical (unpaired) electrons. The van der Waals surface area contributed by atoms with E-state index in [-0.39, 0.29) is 11.5 Å². The van der Waals surface area contributed by atoms with Crippen LogP contribution in [0.3, 0.4) is 0 Å². The highest BCUT2D eigenvalue weighted by Crippen LogP contribution is 2.31. The summed E-state index contributed by atoms with van der Waals surface area (Å²) in [6, 6.07) is 5.59. The molecule has 2 heterocycles. The number of hydrogen-bond acceptors (Lipinski definition) is 3. The van der Waals surface area contributed by atoms with Crippen molar-refractivity contribution in [2.24, 2.45) is 5.92 Å². The van der Waals surface area contributed by atoms with Crippen molar-refractivity contribution < 1.29 is 18.7 Å². The Morgan fingerprint density at radius 3 is 2.68 bits per heavy atom. The van der Waals surface area contributed by atoms with Crippen molar-refractivity contribution in [2.75, 3.05) is 19.8 Å². The predicted octanol–water partition coefficient (Wildman–Crippen LogP) is 2.02. The van der Waals surface area contributed by atoms with E-state index in [2.05, 4.69) is 5.32 Å². The Morgan fingerprint density at radius 1 is 1.32 bits per heavy atom. The van der Waals surface area contributed by atoms with Gasteiger partial charge in [0.15, 0.2) is 0 Å². The van der Waals surface area contributed by atoms with Gasteiger partial charge >= 0.3 is 6.03 Å². The molecule has 1 atom stereocenters. The van der Waals surface area contributed by atoms with Gasteiger partial charge in [-0.2, -0.15) is 0 Å². The average molecular weight is 306 g/mol. The fourth-order valence-corrected chi connectivity index (χ4v) is 3.10. The molecule has 1 aromatic carbocycles. The first kappa shape index (κ1) is 15.0. The number of imide groups is 1. The largest absolute Gasteiger partial charge is 0.381 e. The molecule has 6 heteroatoms. The predicted molar refractivity (Wildman–Crippen MR) is 77.5 cm³/mol. The minimum Gasteiger partial charge on any atom is -0.381 e. The fourth-order valence-electron chi connectivity index (χ4n) is 3.10. The highest BCUT2D eigenvalue weighted by molar-refractivity contribution is 6.07. The molecule has 3 rings (SSSR count). The number of nitrogens with one attached hydrogen (secondary N) is 1. The summed E-state index contributed by atoms with van der Waals surface area (Å²) in [6.45, 7) is 3.21. The van der Waals surface area contributed by atoms with Gasteiger partial charge < -0.3 is 10.1 Å². The fraction of sp³-hybridized carbons (Fsp3) is 0.500. The molecular formula is C16H19FN2O3. The second-order valence-electron chi connectivity index (χ2n) is 6.01. The van der Waals surface area contributed by atoms with Gasteiger partial charge in [0.25, 0.3) is 5.91 Å². The van der Waals surface area contributed by atoms with Gasteiger partial charge in [-0.05, 0) is 31.7 Å². The summed E-state index contributed by atoms with van der Waals surface area (Å²) in [6.07, 6.45) is 1.65. The number of ether oxygens (including phenoxy) is 1. The lowest BCUT2D eigenvalue weighted by atomic mass is 9.91. The third-order valence-corrected chi connectivity index (χ3v) is 4.47. The minimum absolute atomic E-state index is 0.197. The van der Waals surface area contributed by atoms with Crippen LogP contribution in [0.25, 0.3) is 0 Å². The SMILES string of the molecule is C[C@@]1(c2ccccc2F)NC(=O)N(CC2CCOCC2)C1=O. The van der Waals surface area contributed by atoms with Crippen LogP contribution in [-0.2, 0) is 15.1 Å². The molecule has 2 aliphatic rings. The Labute approximate surface area is 128 Å². The van der Waals surface area contributed by atoms with Gasteiger partial charge in [0.1, 0.15) is 11.4 Å². The van der Waals surface area contributed by atoms with Gasteiger partial charge in [-0.25, -0.2) is 9.18 Å². The topological polar surface area (TPSA) is 58.6 Å². The first-order chi connectivity index (χ1) is 10.5. The summed E-state index contributed by atoms with van der Waals surface area (Å²) in [5, 5.41) is 2.64. The van der Waals surface area contributed by atoms with Crippen molar-refractivity contribution in [1.29, 1.82) is 0 Å². The summed E-state index contributed by atoms with van der Waals surface area (Å²) in [7, 11) is 0. The molecule has 0 aliphatic carbocycles. The molecule has 2 aliphatic heterocycles. The standard InChI is InChI=1S/C16H19FN2O3/c1-16(12-4-2-3-5-13(12)17)14(20)19(15(21)18-16)10-11-6-8-22-9-7-11/h2-5,11H,6-10H2,1H3,(H,18,21)/t16-/m0/s1. The number of rotatable bonds is 3. The lowest BCUT2D eigenvalue weighted by Gasteiger charge is -2.26. The number of benzene rings is 1. The smallest absolute Gasteiger partial charge is 0.325 e. The highest BCUT2D eigenvalue weighted by Gasteiger charge is 2.50. The summed E-state index contributed by atoms with van der Waals surface area (Å²) < 4.78 is 19.3. The molecular weight excluding hydrogens is 287 g/mol. The maximum atomic E-state index is 14.0. The number of halogens is 1. The van der Waals surface area contributed by atoms with Gasteiger partial charge in [0.05, 0.1) is 0 Å². The molecule has 1 aromatic rings. The number of carbonyl (C=O) groups excluding carboxylic acids is 2. The number of amides is 3. The quantitative estimate of drug-likeness (QED) is 0.869. The van der Waals surface area contributed by atoms with E-state index in [4.69, 9.17) is 4.74 Å². The molecule has 0 unspecified atom stereocenters. The van der Waals surface area contributed by atoms with Crippen molar-refractivity contribution in [3.05, 3.63) is 35.6 Å². The Balaban J connectivity index is 1.83. The molecule has 2 saturated heterocycles. The van der Waals surface area contributed by atoms with Crippen molar-refractivity contribution in [3.63, 3.8) is 0 Å². The molecule has 0 spiro atoms. The van der Waals surface area contributed by atoms with Gasteiger partial charge in [0.2, 0.25) is 0 Å². The van der Waals surface area contributed by atoms with Crippen molar-refractivity contribution >= 4 is 11.9 Å². The third kappa shape index (κ3) is 2.47. The first-order valence-corrected chi connectivity index (χ1v) is 7.49. The van der Waals surface area contributed by atoms with E-state index in [1.807, 2.05) is 0 Å². The molecule has 5 nitrogen and oxygen atoms in total. The zero-order valence-corrected chi connectivity index (χ0v) is 12.5. The van der Waals surface area contributed by atoms with Crippen LogP contribution in [0.1, 0.15) is 25.3 Å². The summed E-state index contributed by atoms with van der Waals surface area (Å²) in [5.41, 5.74) is -1.14. The monoisotopic (exact) mass is 306 g/mol. The van der Waals surface area contributed by atoms with Crippen LogP contribution in [0.4, 0.5) is 9.18 Å². The van der Waals surface area contributed by atoms with Crippen LogP contribution >= 0.6 is 0 Å². The highest BCUT2D eigenvalue weighted by atomic mass is 19.1. The van der Waals surface area contributed by atoms with E-state index >= 15 is 0 Å². The van der Waals surface area contributed by atoms with Crippen LogP contribution in [0.5, 0.6) is 0 Å². The summed E-state index contributed by atoms with van der Waals surface area (Å²) in [5.74, 6) is -0.646. The Hall–Kier alpha value is -1.95. The van der Waals surface area contributed by atoms with Crippen LogP contribution in [-0.4, -0.2) is 36.6 Å². The average Bonchev–Trinajstić information content (AvgIpc) is 2.73. The molecule has 0 bridgehead atoms. The normalized spacial score (nSPS) is 26.4. The second-order valence-corrected chi connectivity index (χ2v) is 6.01. The van der Waals surface area contributed by atoms with E-state index in [1.54, 1.807) is 19.1 Å². The maximum absolute atomic E-state index is 14.0. The zero-order chi connectivity index (χ0) is 15.7. The Bertz CT molecular complexity index is 601. The lowest BCUT2D eigenvalue weighted by Crippen LogP contribution is -2.42. The van der Waals surface area contributed by atoms with Gasteiger partial charge in [0, 0.05) is 25.3 Å². The van der Waals surface area contributed by atoms with Crippen molar-refractivity contribution in [1.82, 2.24) is 10.2 Å². The molecule has 0 saturated carbocycles. The molecule has 3 amide bonds. The van der Waals surface area contributed by atoms with Gasteiger partial charge in [-0.3, -0.25) is 9.69 Å². The van der Waals surface area contributed by atoms with E-state index in [0.717, 1.165) is 12.8 Å².